The molecule has 86 valence electrons. The summed E-state index contributed by atoms with van der Waals surface area (Å²) in [6, 6.07) is 0. The Bertz CT molecular complexity index is 281. The third-order valence-corrected chi connectivity index (χ3v) is 2.65. The summed E-state index contributed by atoms with van der Waals surface area (Å²) in [5, 5.41) is 15.2. The summed E-state index contributed by atoms with van der Waals surface area (Å²) in [4.78, 5) is 12.9. The van der Waals surface area contributed by atoms with Gasteiger partial charge in [-0.25, -0.2) is 0 Å². The lowest BCUT2D eigenvalue weighted by molar-refractivity contribution is -0.136. The number of nitrogens with zero attached hydrogens (tertiary/aromatic N) is 1. The molecule has 0 aliphatic carbocycles. The van der Waals surface area contributed by atoms with Crippen LogP contribution in [0.3, 0.4) is 0 Å². The first-order valence-corrected chi connectivity index (χ1v) is 4.86. The van der Waals surface area contributed by atoms with Crippen molar-refractivity contribution in [1.82, 2.24) is 15.5 Å². The molecule has 1 saturated heterocycles. The molecule has 2 heterocycles. The number of carboxylic acid groups (broad SMARTS) is 1. The lowest BCUT2D eigenvalue weighted by Crippen LogP contribution is -2.50. The van der Waals surface area contributed by atoms with Crippen LogP contribution in [0, 0.1) is 0 Å². The van der Waals surface area contributed by atoms with E-state index in [0.717, 1.165) is 31.9 Å². The van der Waals surface area contributed by atoms with Gasteiger partial charge in [0.15, 0.2) is 0 Å². The van der Waals surface area contributed by atoms with Gasteiger partial charge in [0, 0.05) is 31.9 Å². The second-order valence-corrected chi connectivity index (χ2v) is 3.65. The molecule has 0 aromatic heterocycles. The average molecular weight is 234 g/mol. The van der Waals surface area contributed by atoms with Crippen LogP contribution in [-0.2, 0) is 4.79 Å². The van der Waals surface area contributed by atoms with Crippen molar-refractivity contribution in [3.8, 4) is 0 Å². The van der Waals surface area contributed by atoms with Crippen LogP contribution in [0.5, 0.6) is 0 Å². The fourth-order valence-electron chi connectivity index (χ4n) is 1.98. The molecule has 1 fully saturated rings. The molecular weight excluding hydrogens is 218 g/mol. The van der Waals surface area contributed by atoms with E-state index in [2.05, 4.69) is 15.5 Å². The highest BCUT2D eigenvalue weighted by molar-refractivity contribution is 5.85. The van der Waals surface area contributed by atoms with Gasteiger partial charge in [-0.15, -0.1) is 12.4 Å². The molecule has 3 N–H and O–H groups in total. The molecule has 5 nitrogen and oxygen atoms in total. The van der Waals surface area contributed by atoms with Crippen molar-refractivity contribution in [3.05, 3.63) is 11.3 Å². The van der Waals surface area contributed by atoms with Crippen LogP contribution < -0.4 is 10.6 Å². The number of aliphatic carboxylic acids is 1. The van der Waals surface area contributed by atoms with E-state index in [1.807, 2.05) is 0 Å². The van der Waals surface area contributed by atoms with E-state index in [-0.39, 0.29) is 18.8 Å². The minimum absolute atomic E-state index is 0. The van der Waals surface area contributed by atoms with Crippen molar-refractivity contribution in [2.24, 2.45) is 0 Å². The number of nitrogens with one attached hydrogen (secondary N) is 2. The minimum atomic E-state index is -0.748. The van der Waals surface area contributed by atoms with Crippen LogP contribution in [0.2, 0.25) is 0 Å². The molecular formula is C9H16ClN3O2. The van der Waals surface area contributed by atoms with E-state index in [4.69, 9.17) is 5.11 Å². The van der Waals surface area contributed by atoms with E-state index in [1.54, 1.807) is 0 Å². The Balaban J connectivity index is 0.00000112. The molecule has 6 heteroatoms. The Morgan fingerprint density at radius 1 is 1.40 bits per heavy atom. The normalized spacial score (nSPS) is 20.7. The van der Waals surface area contributed by atoms with Gasteiger partial charge < -0.3 is 15.3 Å². The zero-order valence-electron chi connectivity index (χ0n) is 8.45. The maximum absolute atomic E-state index is 10.6. The first-order chi connectivity index (χ1) is 6.77. The van der Waals surface area contributed by atoms with E-state index in [1.165, 1.54) is 5.70 Å². The van der Waals surface area contributed by atoms with Crippen molar-refractivity contribution in [3.63, 3.8) is 0 Å². The number of carbonyl (C=O) groups is 1. The van der Waals surface area contributed by atoms with E-state index < -0.39 is 5.97 Å². The molecule has 2 aliphatic rings. The van der Waals surface area contributed by atoms with Gasteiger partial charge in [-0.3, -0.25) is 10.1 Å². The maximum Gasteiger partial charge on any atom is 0.307 e. The number of hydrogen-bond donors (Lipinski definition) is 3. The van der Waals surface area contributed by atoms with Crippen molar-refractivity contribution in [2.75, 3.05) is 32.8 Å². The Labute approximate surface area is 94.9 Å². The van der Waals surface area contributed by atoms with Crippen LogP contribution in [0.25, 0.3) is 0 Å². The molecule has 0 aromatic carbocycles. The second kappa shape index (κ2) is 5.34. The van der Waals surface area contributed by atoms with Gasteiger partial charge in [0.25, 0.3) is 0 Å². The molecule has 2 rings (SSSR count). The van der Waals surface area contributed by atoms with Crippen molar-refractivity contribution < 1.29 is 9.90 Å². The van der Waals surface area contributed by atoms with E-state index in [9.17, 15) is 4.79 Å². The SMILES string of the molecule is Cl.O=C(O)CC1=C2CNCCN2CNC1. The van der Waals surface area contributed by atoms with Gasteiger partial charge in [-0.05, 0) is 5.57 Å². The third kappa shape index (κ3) is 2.84. The lowest BCUT2D eigenvalue weighted by Gasteiger charge is -2.37. The van der Waals surface area contributed by atoms with Crippen LogP contribution in [0.1, 0.15) is 6.42 Å². The zero-order chi connectivity index (χ0) is 9.97. The van der Waals surface area contributed by atoms with Gasteiger partial charge in [0.05, 0.1) is 13.1 Å². The number of carboxylic acids is 1. The zero-order valence-corrected chi connectivity index (χ0v) is 9.27. The summed E-state index contributed by atoms with van der Waals surface area (Å²) >= 11 is 0. The molecule has 15 heavy (non-hydrogen) atoms. The molecule has 0 atom stereocenters. The number of piperazine rings is 1. The quantitative estimate of drug-likeness (QED) is 0.606. The largest absolute Gasteiger partial charge is 0.481 e. The summed E-state index contributed by atoms with van der Waals surface area (Å²) < 4.78 is 0. The molecule has 0 bridgehead atoms. The Kier molecular flexibility index (Phi) is 4.38. The summed E-state index contributed by atoms with van der Waals surface area (Å²) in [5.41, 5.74) is 2.19. The maximum atomic E-state index is 10.6. The number of halogens is 1. The van der Waals surface area contributed by atoms with E-state index >= 15 is 0 Å². The van der Waals surface area contributed by atoms with Crippen molar-refractivity contribution >= 4 is 18.4 Å². The number of fused-ring (bicyclic) bond motifs is 1. The lowest BCUT2D eigenvalue weighted by atomic mass is 10.1. The minimum Gasteiger partial charge on any atom is -0.481 e. The van der Waals surface area contributed by atoms with Crippen LogP contribution in [-0.4, -0.2) is 48.8 Å². The second-order valence-electron chi connectivity index (χ2n) is 3.65. The first kappa shape index (κ1) is 12.3. The Hall–Kier alpha value is -0.780. The molecule has 0 radical (unpaired) electrons. The Morgan fingerprint density at radius 2 is 2.20 bits per heavy atom. The van der Waals surface area contributed by atoms with Gasteiger partial charge in [-0.2, -0.15) is 0 Å². The smallest absolute Gasteiger partial charge is 0.307 e. The topological polar surface area (TPSA) is 64.6 Å². The molecule has 0 aromatic rings. The summed E-state index contributed by atoms with van der Waals surface area (Å²) in [6.07, 6.45) is 0.153. The fourth-order valence-corrected chi connectivity index (χ4v) is 1.98. The van der Waals surface area contributed by atoms with Gasteiger partial charge in [0.1, 0.15) is 0 Å². The summed E-state index contributed by atoms with van der Waals surface area (Å²) in [7, 11) is 0. The predicted octanol–water partition coefficient (Wildman–Crippen LogP) is -0.397. The molecule has 2 aliphatic heterocycles. The fraction of sp³-hybridized carbons (Fsp3) is 0.667. The number of rotatable bonds is 2. The number of hydrogen-bond acceptors (Lipinski definition) is 4. The van der Waals surface area contributed by atoms with Crippen molar-refractivity contribution in [2.45, 2.75) is 6.42 Å². The monoisotopic (exact) mass is 233 g/mol. The van der Waals surface area contributed by atoms with E-state index in [0.29, 0.717) is 6.54 Å². The van der Waals surface area contributed by atoms with Gasteiger partial charge >= 0.3 is 5.97 Å². The highest BCUT2D eigenvalue weighted by Crippen LogP contribution is 2.17. The standard InChI is InChI=1S/C9H15N3O2.ClH/c13-9(14)3-7-4-11-6-12-2-1-10-5-8(7)12;/h10-11H,1-6H2,(H,13,14);1H. The van der Waals surface area contributed by atoms with Gasteiger partial charge in [-0.1, -0.05) is 0 Å². The molecule has 0 spiro atoms. The third-order valence-electron chi connectivity index (χ3n) is 2.65. The molecule has 0 amide bonds. The van der Waals surface area contributed by atoms with Gasteiger partial charge in [0.2, 0.25) is 0 Å². The highest BCUT2D eigenvalue weighted by atomic mass is 35.5. The summed E-state index contributed by atoms with van der Waals surface area (Å²) in [6.45, 7) is 4.31. The van der Waals surface area contributed by atoms with Crippen molar-refractivity contribution in [1.29, 1.82) is 0 Å². The first-order valence-electron chi connectivity index (χ1n) is 4.86. The predicted molar refractivity (Wildman–Crippen MR) is 59.0 cm³/mol. The average Bonchev–Trinajstić information content (AvgIpc) is 2.18. The van der Waals surface area contributed by atoms with Crippen LogP contribution in [0.15, 0.2) is 11.3 Å². The Morgan fingerprint density at radius 3 is 2.93 bits per heavy atom. The van der Waals surface area contributed by atoms with Crippen LogP contribution in [0.4, 0.5) is 0 Å². The highest BCUT2D eigenvalue weighted by Gasteiger charge is 2.22. The molecule has 0 unspecified atom stereocenters. The summed E-state index contributed by atoms with van der Waals surface area (Å²) in [5.74, 6) is -0.748. The van der Waals surface area contributed by atoms with Crippen LogP contribution >= 0.6 is 12.4 Å². The molecule has 0 saturated carbocycles.